The highest BCUT2D eigenvalue weighted by molar-refractivity contribution is 5.52. The fourth-order valence-corrected chi connectivity index (χ4v) is 2.75. The highest BCUT2D eigenvalue weighted by Crippen LogP contribution is 2.27. The Labute approximate surface area is 107 Å². The van der Waals surface area contributed by atoms with Crippen LogP contribution in [-0.4, -0.2) is 19.7 Å². The molecule has 3 rings (SSSR count). The topological polar surface area (TPSA) is 46.5 Å². The molecule has 1 unspecified atom stereocenters. The Kier molecular flexibility index (Phi) is 2.73. The molecule has 0 saturated carbocycles. The van der Waals surface area contributed by atoms with Crippen molar-refractivity contribution in [2.75, 3.05) is 0 Å². The fraction of sp³-hybridized carbons (Fsp3) is 0.571. The van der Waals surface area contributed by atoms with Gasteiger partial charge in [-0.05, 0) is 45.1 Å². The fourth-order valence-electron chi connectivity index (χ4n) is 2.75. The normalized spacial score (nSPS) is 18.9. The number of hydrogen-bond donors (Lipinski definition) is 1. The molecule has 0 bridgehead atoms. The predicted octanol–water partition coefficient (Wildman–Crippen LogP) is 2.73. The van der Waals surface area contributed by atoms with Gasteiger partial charge in [0.2, 0.25) is 0 Å². The molecule has 0 saturated heterocycles. The molecule has 4 nitrogen and oxygen atoms in total. The van der Waals surface area contributed by atoms with Crippen LogP contribution in [0, 0.1) is 12.8 Å². The zero-order valence-corrected chi connectivity index (χ0v) is 11.3. The van der Waals surface area contributed by atoms with Gasteiger partial charge in [-0.25, -0.2) is 4.98 Å². The maximum Gasteiger partial charge on any atom is 0.156 e. The van der Waals surface area contributed by atoms with E-state index in [9.17, 15) is 0 Å². The lowest BCUT2D eigenvalue weighted by Gasteiger charge is -2.15. The van der Waals surface area contributed by atoms with Gasteiger partial charge in [0.05, 0.1) is 11.4 Å². The highest BCUT2D eigenvalue weighted by atomic mass is 15.3. The third-order valence-electron chi connectivity index (χ3n) is 3.74. The van der Waals surface area contributed by atoms with Crippen molar-refractivity contribution in [2.24, 2.45) is 5.92 Å². The maximum absolute atomic E-state index is 4.76. The molecule has 1 atom stereocenters. The van der Waals surface area contributed by atoms with Gasteiger partial charge in [0.1, 0.15) is 5.69 Å². The molecule has 4 heteroatoms. The van der Waals surface area contributed by atoms with Crippen molar-refractivity contribution in [2.45, 2.75) is 46.6 Å². The molecule has 1 aliphatic carbocycles. The van der Waals surface area contributed by atoms with Crippen LogP contribution in [-0.2, 0) is 19.4 Å². The van der Waals surface area contributed by atoms with Crippen LogP contribution < -0.4 is 0 Å². The van der Waals surface area contributed by atoms with Crippen molar-refractivity contribution < 1.29 is 0 Å². The number of rotatable bonds is 2. The van der Waals surface area contributed by atoms with Gasteiger partial charge >= 0.3 is 0 Å². The predicted molar refractivity (Wildman–Crippen MR) is 71.4 cm³/mol. The molecule has 0 radical (unpaired) electrons. The summed E-state index contributed by atoms with van der Waals surface area (Å²) in [6, 6.07) is 2.11. The van der Waals surface area contributed by atoms with Crippen LogP contribution in [0.1, 0.15) is 37.4 Å². The van der Waals surface area contributed by atoms with Crippen molar-refractivity contribution >= 4 is 0 Å². The Bertz CT molecular complexity index is 564. The van der Waals surface area contributed by atoms with E-state index in [4.69, 9.17) is 4.98 Å². The zero-order valence-electron chi connectivity index (χ0n) is 11.3. The summed E-state index contributed by atoms with van der Waals surface area (Å²) in [6.45, 7) is 7.33. The molecule has 18 heavy (non-hydrogen) atoms. The first-order valence-electron chi connectivity index (χ1n) is 6.80. The summed E-state index contributed by atoms with van der Waals surface area (Å²) >= 11 is 0. The van der Waals surface area contributed by atoms with Crippen LogP contribution in [0.5, 0.6) is 0 Å². The molecule has 2 aromatic rings. The molecule has 0 aliphatic heterocycles. The second-order valence-electron chi connectivity index (χ2n) is 5.35. The van der Waals surface area contributed by atoms with Crippen molar-refractivity contribution in [3.63, 3.8) is 0 Å². The van der Waals surface area contributed by atoms with E-state index in [0.717, 1.165) is 42.5 Å². The lowest BCUT2D eigenvalue weighted by Crippen LogP contribution is -2.10. The smallest absolute Gasteiger partial charge is 0.156 e. The van der Waals surface area contributed by atoms with E-state index in [1.165, 1.54) is 17.8 Å². The first-order chi connectivity index (χ1) is 8.67. The lowest BCUT2D eigenvalue weighted by molar-refractivity contribution is 0.492. The van der Waals surface area contributed by atoms with Gasteiger partial charge < -0.3 is 4.98 Å². The second-order valence-corrected chi connectivity index (χ2v) is 5.35. The molecule has 0 fully saturated rings. The summed E-state index contributed by atoms with van der Waals surface area (Å²) in [5, 5.41) is 4.48. The number of aromatic nitrogens is 4. The van der Waals surface area contributed by atoms with Crippen LogP contribution in [0.4, 0.5) is 0 Å². The summed E-state index contributed by atoms with van der Waals surface area (Å²) in [7, 11) is 0. The Balaban J connectivity index is 2.02. The first-order valence-corrected chi connectivity index (χ1v) is 6.80. The van der Waals surface area contributed by atoms with Crippen LogP contribution >= 0.6 is 0 Å². The highest BCUT2D eigenvalue weighted by Gasteiger charge is 2.20. The quantitative estimate of drug-likeness (QED) is 0.883. The Hall–Kier alpha value is -1.58. The number of imidazole rings is 1. The number of nitrogens with one attached hydrogen (secondary N) is 1. The molecule has 96 valence electrons. The average molecular weight is 244 g/mol. The van der Waals surface area contributed by atoms with Gasteiger partial charge in [0.25, 0.3) is 0 Å². The number of H-pyrrole nitrogens is 1. The van der Waals surface area contributed by atoms with E-state index in [2.05, 4.69) is 30.0 Å². The summed E-state index contributed by atoms with van der Waals surface area (Å²) in [5.74, 6) is 1.75. The van der Waals surface area contributed by atoms with Crippen LogP contribution in [0.15, 0.2) is 6.07 Å². The molecule has 0 aromatic carbocycles. The summed E-state index contributed by atoms with van der Waals surface area (Å²) < 4.78 is 2.02. The van der Waals surface area contributed by atoms with Crippen LogP contribution in [0.3, 0.4) is 0 Å². The third-order valence-corrected chi connectivity index (χ3v) is 3.74. The van der Waals surface area contributed by atoms with Gasteiger partial charge in [-0.3, -0.25) is 4.68 Å². The monoisotopic (exact) mass is 244 g/mol. The van der Waals surface area contributed by atoms with Gasteiger partial charge in [-0.1, -0.05) is 6.92 Å². The zero-order chi connectivity index (χ0) is 12.7. The Morgan fingerprint density at radius 2 is 2.33 bits per heavy atom. The molecule has 0 amide bonds. The lowest BCUT2D eigenvalue weighted by atomic mass is 9.92. The minimum Gasteiger partial charge on any atom is -0.340 e. The van der Waals surface area contributed by atoms with Crippen LogP contribution in [0.25, 0.3) is 11.5 Å². The van der Waals surface area contributed by atoms with Gasteiger partial charge in [0, 0.05) is 12.2 Å². The van der Waals surface area contributed by atoms with Crippen molar-refractivity contribution in [3.05, 3.63) is 23.1 Å². The molecule has 2 aromatic heterocycles. The Morgan fingerprint density at radius 3 is 3.11 bits per heavy atom. The maximum atomic E-state index is 4.76. The van der Waals surface area contributed by atoms with Crippen molar-refractivity contribution in [1.82, 2.24) is 19.7 Å². The molecular formula is C14H20N4. The van der Waals surface area contributed by atoms with Crippen LogP contribution in [0.2, 0.25) is 0 Å². The molecule has 0 spiro atoms. The summed E-state index contributed by atoms with van der Waals surface area (Å²) in [4.78, 5) is 8.26. The SMILES string of the molecule is CCn1nc(C)cc1-c1nc2c([nH]1)CC(C)CC2. The number of hydrogen-bond acceptors (Lipinski definition) is 2. The van der Waals surface area contributed by atoms with E-state index in [-0.39, 0.29) is 0 Å². The number of aryl methyl sites for hydroxylation is 3. The summed E-state index contributed by atoms with van der Waals surface area (Å²) in [5.41, 5.74) is 4.74. The average Bonchev–Trinajstić information content (AvgIpc) is 2.91. The third kappa shape index (κ3) is 1.85. The number of fused-ring (bicyclic) bond motifs is 1. The Morgan fingerprint density at radius 1 is 1.50 bits per heavy atom. The molecule has 2 heterocycles. The van der Waals surface area contributed by atoms with Gasteiger partial charge in [0.15, 0.2) is 5.82 Å². The molecule has 1 aliphatic rings. The number of aromatic amines is 1. The second kappa shape index (κ2) is 4.26. The van der Waals surface area contributed by atoms with E-state index >= 15 is 0 Å². The minimum atomic E-state index is 0.767. The van der Waals surface area contributed by atoms with Gasteiger partial charge in [-0.15, -0.1) is 0 Å². The van der Waals surface area contributed by atoms with Gasteiger partial charge in [-0.2, -0.15) is 5.10 Å². The standard InChI is InChI=1S/C14H20N4/c1-4-18-13(8-10(3)17-18)14-15-11-6-5-9(2)7-12(11)16-14/h8-9H,4-7H2,1-3H3,(H,15,16). The first kappa shape index (κ1) is 11.5. The van der Waals surface area contributed by atoms with Crippen molar-refractivity contribution in [1.29, 1.82) is 0 Å². The molecule has 1 N–H and O–H groups in total. The van der Waals surface area contributed by atoms with E-state index < -0.39 is 0 Å². The van der Waals surface area contributed by atoms with Crippen molar-refractivity contribution in [3.8, 4) is 11.5 Å². The molecular weight excluding hydrogens is 224 g/mol. The summed E-state index contributed by atoms with van der Waals surface area (Å²) in [6.07, 6.45) is 3.48. The van der Waals surface area contributed by atoms with E-state index in [1.54, 1.807) is 0 Å². The van der Waals surface area contributed by atoms with E-state index in [1.807, 2.05) is 11.6 Å². The largest absolute Gasteiger partial charge is 0.340 e. The minimum absolute atomic E-state index is 0.767. The number of nitrogens with zero attached hydrogens (tertiary/aromatic N) is 3. The van der Waals surface area contributed by atoms with E-state index in [0.29, 0.717) is 0 Å².